The van der Waals surface area contributed by atoms with Gasteiger partial charge in [0, 0.05) is 81.6 Å². The normalized spacial score (nSPS) is 14.9. The van der Waals surface area contributed by atoms with Crippen LogP contribution in [-0.4, -0.2) is 88.8 Å². The van der Waals surface area contributed by atoms with E-state index in [1.54, 1.807) is 40.6 Å². The molecule has 4 N–H and O–H groups in total. The second kappa shape index (κ2) is 16.6. The van der Waals surface area contributed by atoms with Crippen molar-refractivity contribution >= 4 is 46.9 Å². The molecular weight excluding hydrogens is 701 g/mol. The summed E-state index contributed by atoms with van der Waals surface area (Å²) < 4.78 is 14.9. The highest BCUT2D eigenvalue weighted by molar-refractivity contribution is 6.05. The number of amides is 4. The number of carbonyl (C=O) groups is 4. The molecule has 0 radical (unpaired) electrons. The van der Waals surface area contributed by atoms with Crippen molar-refractivity contribution in [1.29, 1.82) is 0 Å². The molecule has 4 amide bonds. The molecule has 2 aromatic heterocycles. The van der Waals surface area contributed by atoms with E-state index in [1.165, 1.54) is 7.11 Å². The summed E-state index contributed by atoms with van der Waals surface area (Å²) in [6.45, 7) is 8.38. The third-order valence-electron chi connectivity index (χ3n) is 9.56. The van der Waals surface area contributed by atoms with E-state index >= 15 is 0 Å². The highest BCUT2D eigenvalue weighted by Gasteiger charge is 2.32. The van der Waals surface area contributed by atoms with Crippen LogP contribution in [0.25, 0.3) is 11.1 Å². The summed E-state index contributed by atoms with van der Waals surface area (Å²) in [4.78, 5) is 58.3. The summed E-state index contributed by atoms with van der Waals surface area (Å²) in [7, 11) is 5.10. The maximum Gasteiger partial charge on any atom is 0.272 e. The number of benzene rings is 2. The first-order valence-corrected chi connectivity index (χ1v) is 18.6. The van der Waals surface area contributed by atoms with Gasteiger partial charge in [-0.1, -0.05) is 12.1 Å². The third kappa shape index (κ3) is 9.44. The summed E-state index contributed by atoms with van der Waals surface area (Å²) in [5.41, 5.74) is 4.82. The summed E-state index contributed by atoms with van der Waals surface area (Å²) >= 11 is 0. The van der Waals surface area contributed by atoms with Crippen molar-refractivity contribution in [3.63, 3.8) is 0 Å². The Labute approximate surface area is 321 Å². The van der Waals surface area contributed by atoms with Gasteiger partial charge < -0.3 is 44.8 Å². The van der Waals surface area contributed by atoms with Crippen LogP contribution in [0.5, 0.6) is 11.5 Å². The summed E-state index contributed by atoms with van der Waals surface area (Å²) in [5.74, 6) is 0.132. The van der Waals surface area contributed by atoms with Crippen LogP contribution in [-0.2, 0) is 18.9 Å². The maximum atomic E-state index is 13.2. The van der Waals surface area contributed by atoms with E-state index in [0.717, 1.165) is 24.0 Å². The molecule has 0 bridgehead atoms. The van der Waals surface area contributed by atoms with E-state index in [1.807, 2.05) is 54.7 Å². The van der Waals surface area contributed by atoms with Crippen LogP contribution in [0.15, 0.2) is 65.9 Å². The standard InChI is InChI=1S/C41H50N8O6/c1-41(2,3)44-16-15-42-38(51)33-19-27(24-47(33)4)26-11-13-28(14-12-26)46-39(52)34-20-29(25-48(34)5)45-37(50)10-8-18-55-36-22-32-31(21-35(36)54-6)40(53)49-17-7-9-30(49)23-43-32/h11-14,19-25,30,44H,7-10,15-18H2,1-6H3,(H,42,51)(H,45,50)(H,46,52). The molecule has 2 aromatic carbocycles. The Morgan fingerprint density at radius 1 is 0.873 bits per heavy atom. The lowest BCUT2D eigenvalue weighted by Crippen LogP contribution is -2.41. The van der Waals surface area contributed by atoms with Gasteiger partial charge in [-0.05, 0) is 75.9 Å². The largest absolute Gasteiger partial charge is 0.493 e. The second-order valence-corrected chi connectivity index (χ2v) is 14.9. The molecule has 6 rings (SSSR count). The molecule has 2 aliphatic heterocycles. The average Bonchev–Trinajstić information content (AvgIpc) is 3.86. The fraction of sp³-hybridized carbons (Fsp3) is 0.390. The highest BCUT2D eigenvalue weighted by Crippen LogP contribution is 2.38. The Hall–Kier alpha value is -5.89. The minimum Gasteiger partial charge on any atom is -0.493 e. The fourth-order valence-electron chi connectivity index (χ4n) is 6.71. The van der Waals surface area contributed by atoms with Gasteiger partial charge in [0.2, 0.25) is 5.91 Å². The van der Waals surface area contributed by atoms with Crippen LogP contribution in [0.1, 0.15) is 77.8 Å². The minimum atomic E-state index is -0.329. The average molecular weight is 751 g/mol. The first-order valence-electron chi connectivity index (χ1n) is 18.6. The number of nitrogens with one attached hydrogen (secondary N) is 4. The van der Waals surface area contributed by atoms with Gasteiger partial charge in [-0.25, -0.2) is 0 Å². The SMILES string of the molecule is COc1cc2c(cc1OCCCC(=O)Nc1cc(C(=O)Nc3ccc(-c4cc(C(=O)NCCNC(C)(C)C)n(C)c4)cc3)n(C)c1)N=CC1CCCN1C2=O. The zero-order valence-corrected chi connectivity index (χ0v) is 32.3. The van der Waals surface area contributed by atoms with Crippen molar-refractivity contribution in [2.45, 2.75) is 58.0 Å². The van der Waals surface area contributed by atoms with Gasteiger partial charge in [-0.2, -0.15) is 0 Å². The topological polar surface area (TPSA) is 160 Å². The predicted octanol–water partition coefficient (Wildman–Crippen LogP) is 5.53. The first kappa shape index (κ1) is 38.8. The van der Waals surface area contributed by atoms with Crippen LogP contribution in [0.3, 0.4) is 0 Å². The van der Waals surface area contributed by atoms with Gasteiger partial charge in [0.15, 0.2) is 11.5 Å². The molecule has 14 heteroatoms. The molecular formula is C41H50N8O6. The molecule has 0 aliphatic carbocycles. The van der Waals surface area contributed by atoms with E-state index in [-0.39, 0.29) is 48.2 Å². The Morgan fingerprint density at radius 3 is 2.36 bits per heavy atom. The molecule has 2 aliphatic rings. The maximum absolute atomic E-state index is 13.2. The number of aryl methyl sites for hydroxylation is 2. The van der Waals surface area contributed by atoms with Gasteiger partial charge >= 0.3 is 0 Å². The molecule has 1 atom stereocenters. The number of ether oxygens (including phenoxy) is 2. The number of hydrogen-bond donors (Lipinski definition) is 4. The number of nitrogens with zero attached hydrogens (tertiary/aromatic N) is 4. The van der Waals surface area contributed by atoms with Gasteiger partial charge in [0.05, 0.1) is 36.7 Å². The molecule has 1 unspecified atom stereocenters. The van der Waals surface area contributed by atoms with Crippen molar-refractivity contribution in [2.24, 2.45) is 19.1 Å². The molecule has 4 aromatic rings. The van der Waals surface area contributed by atoms with Crippen molar-refractivity contribution in [3.05, 3.63) is 77.9 Å². The van der Waals surface area contributed by atoms with Crippen molar-refractivity contribution < 1.29 is 28.7 Å². The Bertz CT molecular complexity index is 2090. The minimum absolute atomic E-state index is 0.00595. The second-order valence-electron chi connectivity index (χ2n) is 14.9. The first-order chi connectivity index (χ1) is 26.3. The highest BCUT2D eigenvalue weighted by atomic mass is 16.5. The Balaban J connectivity index is 0.975. The number of methoxy groups -OCH3 is 1. The smallest absolute Gasteiger partial charge is 0.272 e. The van der Waals surface area contributed by atoms with E-state index < -0.39 is 0 Å². The number of anilines is 2. The number of aliphatic imine (C=N–C) groups is 1. The molecule has 0 spiro atoms. The summed E-state index contributed by atoms with van der Waals surface area (Å²) in [6, 6.07) is 14.3. The number of fused-ring (bicyclic) bond motifs is 2. The van der Waals surface area contributed by atoms with Crippen molar-refractivity contribution in [1.82, 2.24) is 24.7 Å². The van der Waals surface area contributed by atoms with Gasteiger partial charge in [0.25, 0.3) is 17.7 Å². The Morgan fingerprint density at radius 2 is 1.62 bits per heavy atom. The van der Waals surface area contributed by atoms with Gasteiger partial charge in [0.1, 0.15) is 11.4 Å². The van der Waals surface area contributed by atoms with Crippen LogP contribution in [0, 0.1) is 0 Å². The quantitative estimate of drug-likeness (QED) is 0.123. The molecule has 0 saturated carbocycles. The summed E-state index contributed by atoms with van der Waals surface area (Å²) in [6.07, 6.45) is 7.88. The lowest BCUT2D eigenvalue weighted by atomic mass is 10.1. The van der Waals surface area contributed by atoms with Crippen LogP contribution in [0.4, 0.5) is 17.1 Å². The monoisotopic (exact) mass is 750 g/mol. The predicted molar refractivity (Wildman–Crippen MR) is 213 cm³/mol. The van der Waals surface area contributed by atoms with Gasteiger partial charge in [-0.15, -0.1) is 0 Å². The van der Waals surface area contributed by atoms with Crippen LogP contribution >= 0.6 is 0 Å². The fourth-order valence-corrected chi connectivity index (χ4v) is 6.71. The van der Waals surface area contributed by atoms with Gasteiger partial charge in [-0.3, -0.25) is 24.2 Å². The molecule has 1 saturated heterocycles. The molecule has 4 heterocycles. The molecule has 1 fully saturated rings. The summed E-state index contributed by atoms with van der Waals surface area (Å²) in [5, 5.41) is 12.1. The van der Waals surface area contributed by atoms with Crippen LogP contribution in [0.2, 0.25) is 0 Å². The zero-order valence-electron chi connectivity index (χ0n) is 32.3. The molecule has 290 valence electrons. The lowest BCUT2D eigenvalue weighted by Gasteiger charge is -2.20. The zero-order chi connectivity index (χ0) is 39.3. The third-order valence-corrected chi connectivity index (χ3v) is 9.56. The number of rotatable bonds is 14. The van der Waals surface area contributed by atoms with E-state index in [4.69, 9.17) is 9.47 Å². The molecule has 55 heavy (non-hydrogen) atoms. The van der Waals surface area contributed by atoms with Crippen molar-refractivity contribution in [3.8, 4) is 22.6 Å². The number of hydrogen-bond acceptors (Lipinski definition) is 8. The van der Waals surface area contributed by atoms with E-state index in [2.05, 4.69) is 47.0 Å². The van der Waals surface area contributed by atoms with E-state index in [9.17, 15) is 19.2 Å². The number of carbonyl (C=O) groups excluding carboxylic acids is 4. The van der Waals surface area contributed by atoms with E-state index in [0.29, 0.717) is 71.6 Å². The molecule has 14 nitrogen and oxygen atoms in total. The Kier molecular flexibility index (Phi) is 11.7. The lowest BCUT2D eigenvalue weighted by molar-refractivity contribution is -0.116. The van der Waals surface area contributed by atoms with Crippen LogP contribution < -0.4 is 30.7 Å². The number of aromatic nitrogens is 2. The van der Waals surface area contributed by atoms with Crippen molar-refractivity contribution in [2.75, 3.05) is 44.0 Å².